The molecule has 0 aliphatic carbocycles. The average molecular weight is 228 g/mol. The number of carbonyl (C=O) groups is 1. The minimum Gasteiger partial charge on any atom is -0.538 e. The lowest BCUT2D eigenvalue weighted by Crippen LogP contribution is -2.44. The summed E-state index contributed by atoms with van der Waals surface area (Å²) in [6, 6.07) is 9.63. The molecular formula is C13H12N2O2. The highest BCUT2D eigenvalue weighted by molar-refractivity contribution is 5.80. The van der Waals surface area contributed by atoms with E-state index in [9.17, 15) is 9.90 Å². The van der Waals surface area contributed by atoms with E-state index < -0.39 is 5.97 Å². The van der Waals surface area contributed by atoms with E-state index in [4.69, 9.17) is 0 Å². The standard InChI is InChI=1S/C13H12N2O2/c1-2-14-8-9-15(12(14)13(16)17)10-11-6-4-3-5-7-11/h2-9H,1,10H2. The van der Waals surface area contributed by atoms with Crippen LogP contribution in [0.4, 0.5) is 0 Å². The topological polar surface area (TPSA) is 48.9 Å². The summed E-state index contributed by atoms with van der Waals surface area (Å²) in [5.41, 5.74) is 1.03. The van der Waals surface area contributed by atoms with Crippen molar-refractivity contribution in [3.63, 3.8) is 0 Å². The first kappa shape index (κ1) is 11.1. The van der Waals surface area contributed by atoms with Crippen LogP contribution in [0.1, 0.15) is 16.2 Å². The summed E-state index contributed by atoms with van der Waals surface area (Å²) in [7, 11) is 0. The second-order valence-electron chi connectivity index (χ2n) is 3.61. The Hall–Kier alpha value is -2.36. The maximum atomic E-state index is 11.1. The van der Waals surface area contributed by atoms with Crippen LogP contribution in [0.25, 0.3) is 6.20 Å². The largest absolute Gasteiger partial charge is 0.538 e. The van der Waals surface area contributed by atoms with E-state index in [2.05, 4.69) is 6.58 Å². The van der Waals surface area contributed by atoms with Gasteiger partial charge >= 0.3 is 5.82 Å². The summed E-state index contributed by atoms with van der Waals surface area (Å²) in [6.07, 6.45) is 4.77. The van der Waals surface area contributed by atoms with Gasteiger partial charge in [0, 0.05) is 0 Å². The number of nitrogens with zero attached hydrogens (tertiary/aromatic N) is 2. The van der Waals surface area contributed by atoms with E-state index in [1.54, 1.807) is 17.0 Å². The molecular weight excluding hydrogens is 216 g/mol. The molecule has 2 rings (SSSR count). The number of benzene rings is 1. The number of aromatic carboxylic acids is 1. The van der Waals surface area contributed by atoms with Gasteiger partial charge in [0.1, 0.15) is 18.9 Å². The van der Waals surface area contributed by atoms with Crippen LogP contribution in [0.3, 0.4) is 0 Å². The van der Waals surface area contributed by atoms with Crippen molar-refractivity contribution in [1.29, 1.82) is 0 Å². The highest BCUT2D eigenvalue weighted by Gasteiger charge is 2.16. The first-order valence-corrected chi connectivity index (χ1v) is 5.20. The van der Waals surface area contributed by atoms with E-state index >= 15 is 0 Å². The van der Waals surface area contributed by atoms with Gasteiger partial charge in [-0.1, -0.05) is 36.9 Å². The second kappa shape index (κ2) is 4.65. The van der Waals surface area contributed by atoms with E-state index in [0.29, 0.717) is 6.54 Å². The fraction of sp³-hybridized carbons (Fsp3) is 0.0769. The molecule has 4 nitrogen and oxygen atoms in total. The molecule has 0 N–H and O–H groups in total. The van der Waals surface area contributed by atoms with Crippen LogP contribution in [0.2, 0.25) is 0 Å². The molecule has 4 heteroatoms. The zero-order chi connectivity index (χ0) is 12.3. The highest BCUT2D eigenvalue weighted by atomic mass is 16.4. The molecule has 0 aliphatic rings. The summed E-state index contributed by atoms with van der Waals surface area (Å²) in [6.45, 7) is 4.04. The van der Waals surface area contributed by atoms with E-state index in [0.717, 1.165) is 5.56 Å². The van der Waals surface area contributed by atoms with Crippen LogP contribution in [0, 0.1) is 0 Å². The first-order valence-electron chi connectivity index (χ1n) is 5.20. The Kier molecular flexibility index (Phi) is 3.05. The molecule has 0 saturated heterocycles. The molecule has 0 amide bonds. The van der Waals surface area contributed by atoms with Crippen molar-refractivity contribution in [2.45, 2.75) is 6.54 Å². The number of hydrogen-bond donors (Lipinski definition) is 0. The molecule has 1 aromatic carbocycles. The molecule has 0 spiro atoms. The Bertz CT molecular complexity index is 544. The number of carbonyl (C=O) groups excluding carboxylic acids is 1. The van der Waals surface area contributed by atoms with Gasteiger partial charge in [0.25, 0.3) is 0 Å². The van der Waals surface area contributed by atoms with Crippen molar-refractivity contribution in [3.8, 4) is 0 Å². The monoisotopic (exact) mass is 228 g/mol. The Morgan fingerprint density at radius 1 is 1.41 bits per heavy atom. The summed E-state index contributed by atoms with van der Waals surface area (Å²) in [5, 5.41) is 11.1. The van der Waals surface area contributed by atoms with Gasteiger partial charge in [0.05, 0.1) is 6.20 Å². The zero-order valence-corrected chi connectivity index (χ0v) is 9.24. The Labute approximate surface area is 99.1 Å². The highest BCUT2D eigenvalue weighted by Crippen LogP contribution is 2.00. The SMILES string of the molecule is C=Cn1cc[n+](Cc2ccccc2)c1C(=O)[O-]. The van der Waals surface area contributed by atoms with Crippen LogP contribution >= 0.6 is 0 Å². The third-order valence-electron chi connectivity index (χ3n) is 2.50. The molecule has 0 saturated carbocycles. The lowest BCUT2D eigenvalue weighted by Gasteiger charge is -2.03. The fourth-order valence-corrected chi connectivity index (χ4v) is 1.72. The predicted octanol–water partition coefficient (Wildman–Crippen LogP) is 0.288. The predicted molar refractivity (Wildman–Crippen MR) is 60.9 cm³/mol. The molecule has 0 fully saturated rings. The lowest BCUT2D eigenvalue weighted by molar-refractivity contribution is -0.691. The van der Waals surface area contributed by atoms with Crippen molar-refractivity contribution in [3.05, 3.63) is 60.7 Å². The molecule has 1 heterocycles. The Balaban J connectivity index is 2.37. The van der Waals surface area contributed by atoms with Crippen LogP contribution in [-0.2, 0) is 6.54 Å². The number of rotatable bonds is 4. The van der Waals surface area contributed by atoms with Gasteiger partial charge < -0.3 is 9.90 Å². The number of hydrogen-bond acceptors (Lipinski definition) is 2. The molecule has 0 radical (unpaired) electrons. The molecule has 86 valence electrons. The van der Waals surface area contributed by atoms with Crippen molar-refractivity contribution in [2.75, 3.05) is 0 Å². The Morgan fingerprint density at radius 3 is 2.71 bits per heavy atom. The molecule has 2 aromatic rings. The molecule has 0 unspecified atom stereocenters. The summed E-state index contributed by atoms with van der Waals surface area (Å²) < 4.78 is 3.05. The van der Waals surface area contributed by atoms with Crippen LogP contribution in [0.15, 0.2) is 49.3 Å². The summed E-state index contributed by atoms with van der Waals surface area (Å²) in [4.78, 5) is 11.1. The number of carboxylic acid groups (broad SMARTS) is 1. The smallest absolute Gasteiger partial charge is 0.309 e. The van der Waals surface area contributed by atoms with E-state index in [1.807, 2.05) is 30.3 Å². The van der Waals surface area contributed by atoms with Crippen LogP contribution in [-0.4, -0.2) is 10.5 Å². The fourth-order valence-electron chi connectivity index (χ4n) is 1.72. The average Bonchev–Trinajstić information content (AvgIpc) is 2.73. The van der Waals surface area contributed by atoms with Gasteiger partial charge in [-0.15, -0.1) is 0 Å². The third kappa shape index (κ3) is 2.25. The van der Waals surface area contributed by atoms with E-state index in [1.165, 1.54) is 10.8 Å². The molecule has 17 heavy (non-hydrogen) atoms. The van der Waals surface area contributed by atoms with Gasteiger partial charge in [-0.2, -0.15) is 0 Å². The van der Waals surface area contributed by atoms with Gasteiger partial charge in [0.15, 0.2) is 5.97 Å². The van der Waals surface area contributed by atoms with Crippen LogP contribution < -0.4 is 9.67 Å². The third-order valence-corrected chi connectivity index (χ3v) is 2.50. The molecule has 0 aliphatic heterocycles. The minimum absolute atomic E-state index is 0.0869. The number of aromatic nitrogens is 2. The zero-order valence-electron chi connectivity index (χ0n) is 9.24. The van der Waals surface area contributed by atoms with Gasteiger partial charge in [-0.05, 0) is 5.56 Å². The Morgan fingerprint density at radius 2 is 2.12 bits per heavy atom. The molecule has 1 aromatic heterocycles. The second-order valence-corrected chi connectivity index (χ2v) is 3.61. The summed E-state index contributed by atoms with van der Waals surface area (Å²) >= 11 is 0. The maximum Gasteiger partial charge on any atom is 0.309 e. The van der Waals surface area contributed by atoms with Gasteiger partial charge in [-0.3, -0.25) is 0 Å². The van der Waals surface area contributed by atoms with Crippen molar-refractivity contribution in [1.82, 2.24) is 4.57 Å². The normalized spacial score (nSPS) is 10.1. The van der Waals surface area contributed by atoms with E-state index in [-0.39, 0.29) is 5.82 Å². The number of carboxylic acids is 1. The molecule has 0 atom stereocenters. The van der Waals surface area contributed by atoms with Crippen LogP contribution in [0.5, 0.6) is 0 Å². The van der Waals surface area contributed by atoms with Crippen molar-refractivity contribution in [2.24, 2.45) is 0 Å². The minimum atomic E-state index is -1.22. The number of imidazole rings is 1. The van der Waals surface area contributed by atoms with Gasteiger partial charge in [0.2, 0.25) is 0 Å². The first-order chi connectivity index (χ1) is 8.22. The molecule has 0 bridgehead atoms. The summed E-state index contributed by atoms with van der Waals surface area (Å²) in [5.74, 6) is -1.13. The maximum absolute atomic E-state index is 11.1. The lowest BCUT2D eigenvalue weighted by atomic mass is 10.2. The van der Waals surface area contributed by atoms with Crippen molar-refractivity contribution >= 4 is 12.2 Å². The van der Waals surface area contributed by atoms with Crippen molar-refractivity contribution < 1.29 is 14.5 Å². The van der Waals surface area contributed by atoms with Gasteiger partial charge in [-0.25, -0.2) is 9.13 Å². The quantitative estimate of drug-likeness (QED) is 0.706.